The van der Waals surface area contributed by atoms with Crippen LogP contribution in [0.4, 0.5) is 15.9 Å². The predicted molar refractivity (Wildman–Crippen MR) is 162 cm³/mol. The Kier molecular flexibility index (Phi) is 7.62. The Bertz CT molecular complexity index is 1880. The van der Waals surface area contributed by atoms with Gasteiger partial charge in [0, 0.05) is 23.8 Å². The topological polar surface area (TPSA) is 152 Å². The number of aliphatic carboxylic acids is 1. The molecule has 0 bridgehead atoms. The second-order valence-electron chi connectivity index (χ2n) is 11.1. The number of hydrogen-bond acceptors (Lipinski definition) is 8. The van der Waals surface area contributed by atoms with Gasteiger partial charge in [-0.05, 0) is 78.2 Å². The highest BCUT2D eigenvalue weighted by Crippen LogP contribution is 2.44. The van der Waals surface area contributed by atoms with Gasteiger partial charge in [-0.1, -0.05) is 24.3 Å². The van der Waals surface area contributed by atoms with Crippen molar-refractivity contribution in [3.63, 3.8) is 0 Å². The number of benzene rings is 3. The maximum atomic E-state index is 14.6. The molecule has 4 N–H and O–H groups in total. The van der Waals surface area contributed by atoms with Crippen molar-refractivity contribution >= 4 is 44.0 Å². The number of rotatable bonds is 9. The molecule has 0 radical (unpaired) electrons. The lowest BCUT2D eigenvalue weighted by atomic mass is 9.93. The molecular formula is C32H31FN4O6S. The van der Waals surface area contributed by atoms with E-state index >= 15 is 0 Å². The smallest absolute Gasteiger partial charge is 0.309 e. The summed E-state index contributed by atoms with van der Waals surface area (Å²) < 4.78 is 46.5. The average molecular weight is 619 g/mol. The van der Waals surface area contributed by atoms with Gasteiger partial charge in [-0.25, -0.2) is 17.8 Å². The maximum Gasteiger partial charge on any atom is 0.309 e. The van der Waals surface area contributed by atoms with Crippen LogP contribution in [0.3, 0.4) is 0 Å². The van der Waals surface area contributed by atoms with Gasteiger partial charge in [-0.3, -0.25) is 9.59 Å². The summed E-state index contributed by atoms with van der Waals surface area (Å²) in [6.45, 7) is 0.0781. The Morgan fingerprint density at radius 2 is 1.86 bits per heavy atom. The molecule has 1 saturated heterocycles. The van der Waals surface area contributed by atoms with E-state index in [1.165, 1.54) is 36.3 Å². The van der Waals surface area contributed by atoms with E-state index in [1.807, 2.05) is 0 Å². The maximum absolute atomic E-state index is 14.6. The number of methoxy groups -OCH3 is 1. The molecule has 1 amide bonds. The van der Waals surface area contributed by atoms with E-state index in [9.17, 15) is 27.5 Å². The largest absolute Gasteiger partial charge is 0.494 e. The first-order valence-corrected chi connectivity index (χ1v) is 15.7. The predicted octanol–water partition coefficient (Wildman–Crippen LogP) is 4.73. The third-order valence-corrected chi connectivity index (χ3v) is 10.7. The molecule has 2 aliphatic rings. The number of nitrogen functional groups attached to an aromatic ring is 1. The van der Waals surface area contributed by atoms with Crippen LogP contribution < -0.4 is 15.8 Å². The molecular weight excluding hydrogens is 587 g/mol. The molecule has 1 aliphatic heterocycles. The number of carbonyl (C=O) groups is 2. The van der Waals surface area contributed by atoms with Crippen LogP contribution in [-0.4, -0.2) is 54.2 Å². The van der Waals surface area contributed by atoms with Gasteiger partial charge in [-0.2, -0.15) is 0 Å². The lowest BCUT2D eigenvalue weighted by Crippen LogP contribution is -2.40. The summed E-state index contributed by atoms with van der Waals surface area (Å²) in [4.78, 5) is 32.6. The molecule has 3 aromatic carbocycles. The van der Waals surface area contributed by atoms with Crippen molar-refractivity contribution in [2.24, 2.45) is 5.92 Å². The summed E-state index contributed by atoms with van der Waals surface area (Å²) in [5.41, 5.74) is 7.22. The molecule has 2 fully saturated rings. The lowest BCUT2D eigenvalue weighted by Gasteiger charge is -2.32. The molecule has 1 saturated carbocycles. The van der Waals surface area contributed by atoms with Crippen LogP contribution in [0.25, 0.3) is 10.8 Å². The van der Waals surface area contributed by atoms with Crippen molar-refractivity contribution < 1.29 is 32.2 Å². The Balaban J connectivity index is 1.44. The van der Waals surface area contributed by atoms with Crippen molar-refractivity contribution in [1.82, 2.24) is 9.88 Å². The molecule has 6 rings (SSSR count). The van der Waals surface area contributed by atoms with E-state index < -0.39 is 50.8 Å². The highest BCUT2D eigenvalue weighted by Gasteiger charge is 2.47. The molecule has 0 spiro atoms. The molecule has 1 aromatic heterocycles. The molecule has 2 heterocycles. The van der Waals surface area contributed by atoms with Crippen LogP contribution in [-0.2, 0) is 19.4 Å². The van der Waals surface area contributed by atoms with E-state index in [-0.39, 0.29) is 29.2 Å². The van der Waals surface area contributed by atoms with E-state index in [0.717, 1.165) is 10.8 Å². The van der Waals surface area contributed by atoms with Gasteiger partial charge >= 0.3 is 5.97 Å². The van der Waals surface area contributed by atoms with E-state index in [4.69, 9.17) is 10.5 Å². The highest BCUT2D eigenvalue weighted by atomic mass is 32.2. The number of pyridine rings is 1. The van der Waals surface area contributed by atoms with Crippen molar-refractivity contribution in [1.29, 1.82) is 0 Å². The van der Waals surface area contributed by atoms with Gasteiger partial charge in [0.15, 0.2) is 21.4 Å². The lowest BCUT2D eigenvalue weighted by molar-refractivity contribution is -0.143. The normalized spacial score (nSPS) is 19.1. The van der Waals surface area contributed by atoms with Crippen molar-refractivity contribution in [2.45, 2.75) is 41.5 Å². The Labute approximate surface area is 253 Å². The Morgan fingerprint density at radius 3 is 2.59 bits per heavy atom. The number of aromatic nitrogens is 1. The molecule has 3 atom stereocenters. The monoisotopic (exact) mass is 618 g/mol. The van der Waals surface area contributed by atoms with Crippen molar-refractivity contribution in [2.75, 3.05) is 24.7 Å². The number of ether oxygens (including phenoxy) is 1. The first-order valence-electron chi connectivity index (χ1n) is 14.2. The fraction of sp³-hybridized carbons (Fsp3) is 0.281. The van der Waals surface area contributed by atoms with E-state index in [1.54, 1.807) is 48.7 Å². The number of nitrogens with zero attached hydrogens (tertiary/aromatic N) is 2. The van der Waals surface area contributed by atoms with Crippen molar-refractivity contribution in [3.05, 3.63) is 89.9 Å². The number of anilines is 2. The number of nitrogens with two attached hydrogens (primary N) is 1. The van der Waals surface area contributed by atoms with Crippen LogP contribution in [0, 0.1) is 11.7 Å². The number of likely N-dealkylation sites (tertiary alicyclic amines) is 1. The number of hydrogen-bond donors (Lipinski definition) is 3. The third-order valence-electron chi connectivity index (χ3n) is 8.37. The Morgan fingerprint density at radius 1 is 1.09 bits per heavy atom. The van der Waals surface area contributed by atoms with Crippen LogP contribution >= 0.6 is 0 Å². The van der Waals surface area contributed by atoms with Crippen LogP contribution in [0.5, 0.6) is 5.75 Å². The molecule has 10 nitrogen and oxygen atoms in total. The van der Waals surface area contributed by atoms with Crippen LogP contribution in [0.1, 0.15) is 42.5 Å². The Hall–Kier alpha value is -4.71. The zero-order valence-electron chi connectivity index (χ0n) is 23.8. The standard InChI is InChI=1S/C32H31FN4O6S/c1-43-26-17-19(6-11-25(26)33)28(36-20-7-10-22-18(16-20)12-14-35-30(22)34)31(38)37-15-13-24(32(39)40)29(37)23-4-2-3-5-27(23)44(41,42)21-8-9-21/h2-7,10-12,14,16-17,21,24,28-29,36H,8-9,13,15H2,1H3,(H2,34,35)(H,39,40)/t24-,28?,29-/m1/s1. The number of amides is 1. The van der Waals surface area contributed by atoms with E-state index in [0.29, 0.717) is 29.9 Å². The average Bonchev–Trinajstić information content (AvgIpc) is 3.79. The molecule has 228 valence electrons. The summed E-state index contributed by atoms with van der Waals surface area (Å²) in [6, 6.07) is 15.3. The van der Waals surface area contributed by atoms with Gasteiger partial charge in [0.1, 0.15) is 11.9 Å². The molecule has 44 heavy (non-hydrogen) atoms. The summed E-state index contributed by atoms with van der Waals surface area (Å²) in [7, 11) is -2.39. The number of carboxylic acid groups (broad SMARTS) is 1. The van der Waals surface area contributed by atoms with Gasteiger partial charge in [0.25, 0.3) is 0 Å². The number of nitrogens with one attached hydrogen (secondary N) is 1. The number of sulfone groups is 1. The summed E-state index contributed by atoms with van der Waals surface area (Å²) in [5, 5.41) is 14.4. The number of carbonyl (C=O) groups excluding carboxylic acids is 1. The fourth-order valence-corrected chi connectivity index (χ4v) is 7.89. The van der Waals surface area contributed by atoms with Crippen LogP contribution in [0.15, 0.2) is 77.8 Å². The minimum absolute atomic E-state index is 0.0483. The second-order valence-corrected chi connectivity index (χ2v) is 13.3. The summed E-state index contributed by atoms with van der Waals surface area (Å²) in [6.07, 6.45) is 2.78. The van der Waals surface area contributed by atoms with Crippen molar-refractivity contribution in [3.8, 4) is 5.75 Å². The van der Waals surface area contributed by atoms with Gasteiger partial charge in [0.05, 0.1) is 29.2 Å². The minimum atomic E-state index is -3.71. The first kappa shape index (κ1) is 29.4. The zero-order valence-corrected chi connectivity index (χ0v) is 24.6. The molecule has 1 aliphatic carbocycles. The molecule has 1 unspecified atom stereocenters. The quantitative estimate of drug-likeness (QED) is 0.242. The van der Waals surface area contributed by atoms with Crippen LogP contribution in [0.2, 0.25) is 0 Å². The van der Waals surface area contributed by atoms with E-state index in [2.05, 4.69) is 10.3 Å². The first-order chi connectivity index (χ1) is 21.1. The fourth-order valence-electron chi connectivity index (χ4n) is 5.99. The van der Waals surface area contributed by atoms with Gasteiger partial charge in [-0.15, -0.1) is 0 Å². The third kappa shape index (κ3) is 5.30. The minimum Gasteiger partial charge on any atom is -0.494 e. The number of fused-ring (bicyclic) bond motifs is 1. The SMILES string of the molecule is COc1cc(C(Nc2ccc3c(N)nccc3c2)C(=O)N2CC[C@@H](C(=O)O)[C@H]2c2ccccc2S(=O)(=O)C2CC2)ccc1F. The number of halogens is 1. The summed E-state index contributed by atoms with van der Waals surface area (Å²) >= 11 is 0. The zero-order chi connectivity index (χ0) is 31.2. The number of carboxylic acids is 1. The molecule has 4 aromatic rings. The van der Waals surface area contributed by atoms with Gasteiger partial charge in [0.2, 0.25) is 5.91 Å². The highest BCUT2D eigenvalue weighted by molar-refractivity contribution is 7.92. The molecule has 12 heteroatoms. The van der Waals surface area contributed by atoms with Gasteiger partial charge < -0.3 is 25.8 Å². The second kappa shape index (κ2) is 11.4. The summed E-state index contributed by atoms with van der Waals surface area (Å²) in [5.74, 6) is -2.99.